The highest BCUT2D eigenvalue weighted by Gasteiger charge is 2.41. The zero-order valence-corrected chi connectivity index (χ0v) is 13.7. The molecular weight excluding hydrogens is 324 g/mol. The Labute approximate surface area is 136 Å². The van der Waals surface area contributed by atoms with E-state index < -0.39 is 0 Å². The Morgan fingerprint density at radius 1 is 1.32 bits per heavy atom. The van der Waals surface area contributed by atoms with Gasteiger partial charge in [0.1, 0.15) is 4.88 Å². The second-order valence-electron chi connectivity index (χ2n) is 5.44. The molecule has 7 nitrogen and oxygen atoms in total. The molecule has 2 heterocycles. The van der Waals surface area contributed by atoms with E-state index >= 15 is 0 Å². The van der Waals surface area contributed by atoms with Gasteiger partial charge in [0.15, 0.2) is 0 Å². The molecule has 118 valence electrons. The standard InChI is InChI=1S/C13H16N4O3S2/c1-7-11(22-16-15-7)12(19)14-8-4-2-3-5-9(8)17-10(18)6-21-13(17)20/h8-9H,2-6H2,1H3,(H,14,19)/t8-,9-/m0/s1. The van der Waals surface area contributed by atoms with Gasteiger partial charge in [0, 0.05) is 0 Å². The molecule has 1 aromatic heterocycles. The smallest absolute Gasteiger partial charge is 0.289 e. The van der Waals surface area contributed by atoms with Crippen LogP contribution in [0.5, 0.6) is 0 Å². The third-order valence-electron chi connectivity index (χ3n) is 4.02. The van der Waals surface area contributed by atoms with Gasteiger partial charge in [-0.25, -0.2) is 0 Å². The van der Waals surface area contributed by atoms with E-state index in [4.69, 9.17) is 0 Å². The van der Waals surface area contributed by atoms with Gasteiger partial charge in [-0.2, -0.15) is 0 Å². The summed E-state index contributed by atoms with van der Waals surface area (Å²) in [5.41, 5.74) is 0.596. The minimum atomic E-state index is -0.242. The third kappa shape index (κ3) is 2.87. The molecule has 1 aliphatic heterocycles. The number of nitrogens with one attached hydrogen (secondary N) is 1. The van der Waals surface area contributed by atoms with Crippen LogP contribution in [0.1, 0.15) is 41.0 Å². The Bertz CT molecular complexity index is 602. The van der Waals surface area contributed by atoms with Crippen molar-refractivity contribution in [2.24, 2.45) is 0 Å². The van der Waals surface area contributed by atoms with Crippen LogP contribution >= 0.6 is 23.3 Å². The van der Waals surface area contributed by atoms with Crippen molar-refractivity contribution in [3.05, 3.63) is 10.6 Å². The highest BCUT2D eigenvalue weighted by Crippen LogP contribution is 2.30. The van der Waals surface area contributed by atoms with Crippen molar-refractivity contribution in [1.82, 2.24) is 19.8 Å². The molecule has 0 radical (unpaired) electrons. The molecule has 3 rings (SSSR count). The van der Waals surface area contributed by atoms with E-state index in [0.717, 1.165) is 49.0 Å². The van der Waals surface area contributed by atoms with E-state index in [9.17, 15) is 14.4 Å². The highest BCUT2D eigenvalue weighted by atomic mass is 32.2. The predicted molar refractivity (Wildman–Crippen MR) is 82.9 cm³/mol. The van der Waals surface area contributed by atoms with Crippen LogP contribution in [-0.4, -0.2) is 49.4 Å². The Hall–Kier alpha value is -1.48. The topological polar surface area (TPSA) is 92.3 Å². The molecule has 1 saturated heterocycles. The fourth-order valence-electron chi connectivity index (χ4n) is 2.95. The summed E-state index contributed by atoms with van der Waals surface area (Å²) in [7, 11) is 0. The summed E-state index contributed by atoms with van der Waals surface area (Å²) in [6, 6.07) is -0.441. The van der Waals surface area contributed by atoms with Crippen LogP contribution in [0.15, 0.2) is 0 Å². The third-order valence-corrected chi connectivity index (χ3v) is 5.68. The molecule has 22 heavy (non-hydrogen) atoms. The first-order valence-electron chi connectivity index (χ1n) is 7.16. The number of aromatic nitrogens is 2. The lowest BCUT2D eigenvalue weighted by atomic mass is 9.89. The van der Waals surface area contributed by atoms with Crippen LogP contribution in [0.3, 0.4) is 0 Å². The van der Waals surface area contributed by atoms with Gasteiger partial charge in [0.2, 0.25) is 5.91 Å². The van der Waals surface area contributed by atoms with Gasteiger partial charge < -0.3 is 5.32 Å². The lowest BCUT2D eigenvalue weighted by molar-refractivity contribution is -0.127. The summed E-state index contributed by atoms with van der Waals surface area (Å²) >= 11 is 2.09. The van der Waals surface area contributed by atoms with Crippen molar-refractivity contribution in [3.63, 3.8) is 0 Å². The number of imide groups is 1. The van der Waals surface area contributed by atoms with Gasteiger partial charge in [0.05, 0.1) is 23.5 Å². The van der Waals surface area contributed by atoms with E-state index in [2.05, 4.69) is 14.9 Å². The number of carbonyl (C=O) groups is 3. The maximum atomic E-state index is 12.3. The lowest BCUT2D eigenvalue weighted by Crippen LogP contribution is -2.54. The molecule has 2 fully saturated rings. The molecular formula is C13H16N4O3S2. The molecule has 1 aliphatic carbocycles. The van der Waals surface area contributed by atoms with Crippen LogP contribution in [0.25, 0.3) is 0 Å². The van der Waals surface area contributed by atoms with Gasteiger partial charge >= 0.3 is 0 Å². The first kappa shape index (κ1) is 15.4. The summed E-state index contributed by atoms with van der Waals surface area (Å²) in [4.78, 5) is 38.1. The van der Waals surface area contributed by atoms with Crippen LogP contribution < -0.4 is 5.32 Å². The maximum absolute atomic E-state index is 12.3. The van der Waals surface area contributed by atoms with E-state index in [-0.39, 0.29) is 34.9 Å². The Morgan fingerprint density at radius 2 is 2.09 bits per heavy atom. The first-order valence-corrected chi connectivity index (χ1v) is 8.92. The summed E-state index contributed by atoms with van der Waals surface area (Å²) in [6.07, 6.45) is 3.44. The largest absolute Gasteiger partial charge is 0.346 e. The number of carbonyl (C=O) groups excluding carboxylic acids is 3. The van der Waals surface area contributed by atoms with Crippen LogP contribution in [0.4, 0.5) is 4.79 Å². The summed E-state index contributed by atoms with van der Waals surface area (Å²) in [6.45, 7) is 1.74. The maximum Gasteiger partial charge on any atom is 0.289 e. The van der Waals surface area contributed by atoms with Crippen LogP contribution in [0, 0.1) is 6.92 Å². The molecule has 0 unspecified atom stereocenters. The normalized spacial score (nSPS) is 25.6. The van der Waals surface area contributed by atoms with E-state index in [1.807, 2.05) is 0 Å². The van der Waals surface area contributed by atoms with Gasteiger partial charge in [-0.3, -0.25) is 19.3 Å². The molecule has 2 atom stereocenters. The number of thioether (sulfide) groups is 1. The fourth-order valence-corrected chi connectivity index (χ4v) is 4.27. The predicted octanol–water partition coefficient (Wildman–Crippen LogP) is 1.58. The van der Waals surface area contributed by atoms with E-state index in [1.165, 1.54) is 4.90 Å². The molecule has 3 amide bonds. The molecule has 9 heteroatoms. The average Bonchev–Trinajstić information content (AvgIpc) is 3.06. The van der Waals surface area contributed by atoms with Gasteiger partial charge in [0.25, 0.3) is 11.1 Å². The van der Waals surface area contributed by atoms with Crippen molar-refractivity contribution in [3.8, 4) is 0 Å². The quantitative estimate of drug-likeness (QED) is 0.898. The Balaban J connectivity index is 1.75. The van der Waals surface area contributed by atoms with Crippen molar-refractivity contribution in [2.75, 3.05) is 5.75 Å². The van der Waals surface area contributed by atoms with Crippen LogP contribution in [-0.2, 0) is 4.79 Å². The summed E-state index contributed by atoms with van der Waals surface area (Å²) < 4.78 is 3.77. The molecule has 0 bridgehead atoms. The zero-order chi connectivity index (χ0) is 15.7. The van der Waals surface area contributed by atoms with Crippen molar-refractivity contribution < 1.29 is 14.4 Å². The van der Waals surface area contributed by atoms with E-state index in [1.54, 1.807) is 6.92 Å². The number of amides is 3. The monoisotopic (exact) mass is 340 g/mol. The van der Waals surface area contributed by atoms with Gasteiger partial charge in [-0.1, -0.05) is 29.1 Å². The summed E-state index contributed by atoms with van der Waals surface area (Å²) in [5.74, 6) is -0.179. The minimum Gasteiger partial charge on any atom is -0.346 e. The number of nitrogens with zero attached hydrogens (tertiary/aromatic N) is 3. The second-order valence-corrected chi connectivity index (χ2v) is 7.12. The van der Waals surface area contributed by atoms with Gasteiger partial charge in [-0.15, -0.1) is 5.10 Å². The van der Waals surface area contributed by atoms with Gasteiger partial charge in [-0.05, 0) is 31.3 Å². The molecule has 0 spiro atoms. The minimum absolute atomic E-state index is 0.156. The zero-order valence-electron chi connectivity index (χ0n) is 12.1. The van der Waals surface area contributed by atoms with Crippen LogP contribution in [0.2, 0.25) is 0 Å². The molecule has 1 N–H and O–H groups in total. The number of hydrogen-bond donors (Lipinski definition) is 1. The number of aryl methyl sites for hydroxylation is 1. The summed E-state index contributed by atoms with van der Waals surface area (Å²) in [5, 5.41) is 6.60. The van der Waals surface area contributed by atoms with Crippen molar-refractivity contribution in [1.29, 1.82) is 0 Å². The Kier molecular flexibility index (Phi) is 4.44. The SMILES string of the molecule is Cc1nnsc1C(=O)N[C@H]1CCCC[C@@H]1N1C(=O)CSC1=O. The van der Waals surface area contributed by atoms with Crippen molar-refractivity contribution in [2.45, 2.75) is 44.7 Å². The molecule has 1 aromatic rings. The number of rotatable bonds is 3. The average molecular weight is 340 g/mol. The van der Waals surface area contributed by atoms with Crippen molar-refractivity contribution >= 4 is 40.3 Å². The van der Waals surface area contributed by atoms with E-state index in [0.29, 0.717) is 10.6 Å². The molecule has 0 aromatic carbocycles. The molecule has 1 saturated carbocycles. The fraction of sp³-hybridized carbons (Fsp3) is 0.615. The lowest BCUT2D eigenvalue weighted by Gasteiger charge is -2.36. The Morgan fingerprint density at radius 3 is 2.73 bits per heavy atom. The highest BCUT2D eigenvalue weighted by molar-refractivity contribution is 8.14. The molecule has 2 aliphatic rings. The second kappa shape index (κ2) is 6.33. The number of hydrogen-bond acceptors (Lipinski definition) is 7. The first-order chi connectivity index (χ1) is 10.6.